The van der Waals surface area contributed by atoms with Crippen LogP contribution in [0.1, 0.15) is 21.0 Å². The first-order valence-electron chi connectivity index (χ1n) is 5.02. The molecule has 2 aromatic rings. The molecule has 6 nitrogen and oxygen atoms in total. The summed E-state index contributed by atoms with van der Waals surface area (Å²) in [6.07, 6.45) is 1.14. The number of aromatic amines is 1. The fraction of sp³-hybridized carbons (Fsp3) is 0. The second-order valence-electron chi connectivity index (χ2n) is 3.51. The third-order valence-corrected chi connectivity index (χ3v) is 3.17. The molecule has 0 spiro atoms. The van der Waals surface area contributed by atoms with Crippen LogP contribution in [0.2, 0.25) is 5.02 Å². The molecule has 0 aliphatic heterocycles. The number of benzene rings is 1. The quantitative estimate of drug-likeness (QED) is 0.798. The minimum atomic E-state index is -1.26. The molecule has 19 heavy (non-hydrogen) atoms. The number of amides is 1. The van der Waals surface area contributed by atoms with Gasteiger partial charge in [-0.2, -0.15) is 0 Å². The van der Waals surface area contributed by atoms with E-state index in [1.54, 1.807) is 12.1 Å². The molecule has 8 heteroatoms. The third-order valence-electron chi connectivity index (χ3n) is 2.24. The number of hydrogen-bond donors (Lipinski definition) is 3. The minimum absolute atomic E-state index is 0.195. The number of hydrogen-bond acceptors (Lipinski definition) is 3. The monoisotopic (exact) mass is 343 g/mol. The summed E-state index contributed by atoms with van der Waals surface area (Å²) in [5, 5.41) is 11.9. The Morgan fingerprint density at radius 3 is 2.84 bits per heavy atom. The number of nitrogens with zero attached hydrogens (tertiary/aromatic N) is 1. The second-order valence-corrected chi connectivity index (χ2v) is 4.80. The van der Waals surface area contributed by atoms with Gasteiger partial charge in [-0.05, 0) is 34.1 Å². The zero-order valence-electron chi connectivity index (χ0n) is 9.28. The standard InChI is InChI=1S/C11H7BrClN3O3/c12-6-2-1-5(13)3-7(6)16-10(17)8-9(11(18)19)15-4-14-8/h1-4H,(H,14,15)(H,16,17)(H,18,19). The molecule has 0 bridgehead atoms. The number of anilines is 1. The van der Waals surface area contributed by atoms with Crippen molar-refractivity contribution in [1.29, 1.82) is 0 Å². The number of carbonyl (C=O) groups excluding carboxylic acids is 1. The lowest BCUT2D eigenvalue weighted by Gasteiger charge is -2.06. The summed E-state index contributed by atoms with van der Waals surface area (Å²) in [5.41, 5.74) is -0.0353. The van der Waals surface area contributed by atoms with Crippen molar-refractivity contribution in [3.05, 3.63) is 45.4 Å². The summed E-state index contributed by atoms with van der Waals surface area (Å²) in [4.78, 5) is 28.9. The fourth-order valence-electron chi connectivity index (χ4n) is 1.40. The number of carboxylic acids is 1. The first-order chi connectivity index (χ1) is 8.99. The Morgan fingerprint density at radius 2 is 2.16 bits per heavy atom. The molecule has 0 radical (unpaired) electrons. The molecule has 2 rings (SSSR count). The van der Waals surface area contributed by atoms with Gasteiger partial charge in [-0.3, -0.25) is 4.79 Å². The smallest absolute Gasteiger partial charge is 0.354 e. The topological polar surface area (TPSA) is 95.1 Å². The highest BCUT2D eigenvalue weighted by molar-refractivity contribution is 9.10. The van der Waals surface area contributed by atoms with Gasteiger partial charge >= 0.3 is 5.97 Å². The van der Waals surface area contributed by atoms with Crippen molar-refractivity contribution in [2.45, 2.75) is 0 Å². The number of nitrogens with one attached hydrogen (secondary N) is 2. The number of aromatic carboxylic acids is 1. The van der Waals surface area contributed by atoms with E-state index in [4.69, 9.17) is 16.7 Å². The Kier molecular flexibility index (Phi) is 3.87. The normalized spacial score (nSPS) is 10.2. The van der Waals surface area contributed by atoms with E-state index in [2.05, 4.69) is 31.2 Å². The van der Waals surface area contributed by atoms with Gasteiger partial charge in [0.25, 0.3) is 5.91 Å². The van der Waals surface area contributed by atoms with Crippen LogP contribution in [0.5, 0.6) is 0 Å². The lowest BCUT2D eigenvalue weighted by molar-refractivity contribution is 0.0686. The number of imidazole rings is 1. The van der Waals surface area contributed by atoms with E-state index in [1.807, 2.05) is 0 Å². The van der Waals surface area contributed by atoms with Gasteiger partial charge < -0.3 is 15.4 Å². The summed E-state index contributed by atoms with van der Waals surface area (Å²) in [6, 6.07) is 4.86. The zero-order valence-corrected chi connectivity index (χ0v) is 11.6. The van der Waals surface area contributed by atoms with Crippen LogP contribution in [0.4, 0.5) is 5.69 Å². The molecule has 0 unspecified atom stereocenters. The highest BCUT2D eigenvalue weighted by Gasteiger charge is 2.20. The molecule has 0 saturated heterocycles. The maximum absolute atomic E-state index is 11.9. The van der Waals surface area contributed by atoms with Gasteiger partial charge in [0.2, 0.25) is 0 Å². The van der Waals surface area contributed by atoms with Crippen LogP contribution < -0.4 is 5.32 Å². The van der Waals surface area contributed by atoms with Crippen LogP contribution in [-0.4, -0.2) is 27.0 Å². The molecular formula is C11H7BrClN3O3. The molecule has 1 amide bonds. The summed E-state index contributed by atoms with van der Waals surface area (Å²) >= 11 is 9.07. The largest absolute Gasteiger partial charge is 0.477 e. The average Bonchev–Trinajstić information content (AvgIpc) is 2.83. The van der Waals surface area contributed by atoms with Crippen LogP contribution in [0.15, 0.2) is 29.0 Å². The molecule has 0 fully saturated rings. The second kappa shape index (κ2) is 5.41. The first-order valence-corrected chi connectivity index (χ1v) is 6.19. The van der Waals surface area contributed by atoms with E-state index < -0.39 is 11.9 Å². The molecule has 98 valence electrons. The highest BCUT2D eigenvalue weighted by atomic mass is 79.9. The molecule has 0 atom stereocenters. The summed E-state index contributed by atoms with van der Waals surface area (Å²) in [6.45, 7) is 0. The van der Waals surface area contributed by atoms with Crippen molar-refractivity contribution >= 4 is 45.1 Å². The summed E-state index contributed by atoms with van der Waals surface area (Å²) < 4.78 is 0.623. The number of carboxylic acid groups (broad SMARTS) is 1. The Bertz CT molecular complexity index is 656. The average molecular weight is 345 g/mol. The maximum Gasteiger partial charge on any atom is 0.354 e. The van der Waals surface area contributed by atoms with Crippen molar-refractivity contribution in [2.75, 3.05) is 5.32 Å². The number of aromatic nitrogens is 2. The predicted octanol–water partition coefficient (Wildman–Crippen LogP) is 2.78. The lowest BCUT2D eigenvalue weighted by atomic mass is 10.2. The third kappa shape index (κ3) is 2.94. The van der Waals surface area contributed by atoms with E-state index in [9.17, 15) is 9.59 Å². The Hall–Kier alpha value is -1.86. The predicted molar refractivity (Wildman–Crippen MR) is 72.7 cm³/mol. The number of halogens is 2. The fourth-order valence-corrected chi connectivity index (χ4v) is 1.92. The van der Waals surface area contributed by atoms with Crippen LogP contribution in [-0.2, 0) is 0 Å². The van der Waals surface area contributed by atoms with Gasteiger partial charge in [-0.25, -0.2) is 9.78 Å². The van der Waals surface area contributed by atoms with Gasteiger partial charge in [0.1, 0.15) is 0 Å². The highest BCUT2D eigenvalue weighted by Crippen LogP contribution is 2.26. The van der Waals surface area contributed by atoms with Crippen LogP contribution >= 0.6 is 27.5 Å². The molecule has 0 aliphatic carbocycles. The van der Waals surface area contributed by atoms with Gasteiger partial charge in [-0.15, -0.1) is 0 Å². The van der Waals surface area contributed by atoms with Crippen molar-refractivity contribution in [3.8, 4) is 0 Å². The first kappa shape index (κ1) is 13.6. The molecule has 1 aromatic carbocycles. The van der Waals surface area contributed by atoms with Crippen LogP contribution in [0.25, 0.3) is 0 Å². The maximum atomic E-state index is 11.9. The van der Waals surface area contributed by atoms with Crippen molar-refractivity contribution < 1.29 is 14.7 Å². The van der Waals surface area contributed by atoms with Crippen molar-refractivity contribution in [2.24, 2.45) is 0 Å². The molecule has 1 heterocycles. The number of rotatable bonds is 3. The van der Waals surface area contributed by atoms with Crippen molar-refractivity contribution in [1.82, 2.24) is 9.97 Å². The zero-order chi connectivity index (χ0) is 14.0. The Balaban J connectivity index is 2.28. The Labute approximate surface area is 120 Å². The molecule has 0 saturated carbocycles. The molecular weight excluding hydrogens is 337 g/mol. The number of H-pyrrole nitrogens is 1. The summed E-state index contributed by atoms with van der Waals surface area (Å²) in [5.74, 6) is -1.89. The lowest BCUT2D eigenvalue weighted by Crippen LogP contribution is -2.16. The number of carbonyl (C=O) groups is 2. The van der Waals surface area contributed by atoms with E-state index in [1.165, 1.54) is 6.07 Å². The van der Waals surface area contributed by atoms with E-state index in [-0.39, 0.29) is 11.4 Å². The molecule has 1 aromatic heterocycles. The summed E-state index contributed by atoms with van der Waals surface area (Å²) in [7, 11) is 0. The van der Waals surface area contributed by atoms with E-state index >= 15 is 0 Å². The Morgan fingerprint density at radius 1 is 1.42 bits per heavy atom. The van der Waals surface area contributed by atoms with Crippen LogP contribution in [0, 0.1) is 0 Å². The SMILES string of the molecule is O=C(Nc1cc(Cl)ccc1Br)c1nc[nH]c1C(=O)O. The van der Waals surface area contributed by atoms with Gasteiger partial charge in [0.05, 0.1) is 12.0 Å². The van der Waals surface area contributed by atoms with Crippen molar-refractivity contribution in [3.63, 3.8) is 0 Å². The molecule has 3 N–H and O–H groups in total. The van der Waals surface area contributed by atoms with Crippen LogP contribution in [0.3, 0.4) is 0 Å². The van der Waals surface area contributed by atoms with E-state index in [0.717, 1.165) is 6.33 Å². The minimum Gasteiger partial charge on any atom is -0.477 e. The van der Waals surface area contributed by atoms with Gasteiger partial charge in [-0.1, -0.05) is 11.6 Å². The van der Waals surface area contributed by atoms with E-state index in [0.29, 0.717) is 15.2 Å². The van der Waals surface area contributed by atoms with Gasteiger partial charge in [0, 0.05) is 9.50 Å². The molecule has 0 aliphatic rings. The van der Waals surface area contributed by atoms with Gasteiger partial charge in [0.15, 0.2) is 11.4 Å².